The van der Waals surface area contributed by atoms with Gasteiger partial charge in [0.25, 0.3) is 5.69 Å². The van der Waals surface area contributed by atoms with Crippen molar-refractivity contribution in [2.24, 2.45) is 0 Å². The van der Waals surface area contributed by atoms with E-state index in [9.17, 15) is 10.1 Å². The molecule has 0 radical (unpaired) electrons. The molecule has 0 spiro atoms. The molecular weight excluding hydrogens is 460 g/mol. The number of nitro benzene ring substituents is 1. The van der Waals surface area contributed by atoms with Crippen molar-refractivity contribution in [3.05, 3.63) is 58.4 Å². The number of nitrogens with one attached hydrogen (secondary N) is 1. The van der Waals surface area contributed by atoms with Gasteiger partial charge in [0.15, 0.2) is 5.13 Å². The van der Waals surface area contributed by atoms with Gasteiger partial charge in [-0.2, -0.15) is 0 Å². The van der Waals surface area contributed by atoms with Crippen LogP contribution in [0.25, 0.3) is 0 Å². The molecule has 33 heavy (non-hydrogen) atoms. The van der Waals surface area contributed by atoms with Gasteiger partial charge in [0.05, 0.1) is 27.3 Å². The molecule has 0 saturated heterocycles. The summed E-state index contributed by atoms with van der Waals surface area (Å²) in [5.74, 6) is 2.96. The van der Waals surface area contributed by atoms with Crippen LogP contribution in [-0.2, 0) is 11.2 Å². The number of hydrogen-bond acceptors (Lipinski definition) is 9. The second-order valence-corrected chi connectivity index (χ2v) is 11.4. The van der Waals surface area contributed by atoms with Gasteiger partial charge in [0, 0.05) is 30.0 Å². The Labute approximate surface area is 201 Å². The third kappa shape index (κ3) is 6.48. The van der Waals surface area contributed by atoms with Crippen LogP contribution in [0.5, 0.6) is 5.75 Å². The van der Waals surface area contributed by atoms with E-state index < -0.39 is 4.92 Å². The largest absolute Gasteiger partial charge is 0.490 e. The lowest BCUT2D eigenvalue weighted by molar-refractivity contribution is -0.384. The number of non-ortho nitro benzene ring substituents is 1. The zero-order chi connectivity index (χ0) is 23.4. The van der Waals surface area contributed by atoms with Crippen molar-refractivity contribution in [1.82, 2.24) is 9.97 Å². The summed E-state index contributed by atoms with van der Waals surface area (Å²) >= 11 is 3.31. The Morgan fingerprint density at radius 3 is 2.73 bits per heavy atom. The topological polar surface area (TPSA) is 103 Å². The number of ether oxygens (including phenoxy) is 1. The number of aromatic nitrogens is 2. The molecule has 4 rings (SSSR count). The summed E-state index contributed by atoms with van der Waals surface area (Å²) in [5.41, 5.74) is 0.0258. The Morgan fingerprint density at radius 1 is 1.24 bits per heavy atom. The fourth-order valence-electron chi connectivity index (χ4n) is 3.65. The van der Waals surface area contributed by atoms with Crippen molar-refractivity contribution in [2.75, 3.05) is 5.32 Å². The van der Waals surface area contributed by atoms with E-state index in [1.807, 2.05) is 12.4 Å². The number of nitro groups is 1. The van der Waals surface area contributed by atoms with Gasteiger partial charge in [-0.15, -0.1) is 11.8 Å². The van der Waals surface area contributed by atoms with Crippen LogP contribution in [0, 0.1) is 10.1 Å². The van der Waals surface area contributed by atoms with E-state index in [2.05, 4.69) is 36.1 Å². The van der Waals surface area contributed by atoms with Crippen LogP contribution >= 0.6 is 23.1 Å². The predicted octanol–water partition coefficient (Wildman–Crippen LogP) is 6.43. The van der Waals surface area contributed by atoms with E-state index in [1.165, 1.54) is 12.1 Å². The van der Waals surface area contributed by atoms with Gasteiger partial charge < -0.3 is 14.5 Å². The lowest BCUT2D eigenvalue weighted by atomic mass is 9.93. The molecule has 2 heterocycles. The minimum absolute atomic E-state index is 0.0441. The van der Waals surface area contributed by atoms with Crippen molar-refractivity contribution in [1.29, 1.82) is 0 Å². The van der Waals surface area contributed by atoms with Crippen molar-refractivity contribution in [2.45, 2.75) is 74.0 Å². The fraction of sp³-hybridized carbons (Fsp3) is 0.478. The lowest BCUT2D eigenvalue weighted by Gasteiger charge is -2.30. The van der Waals surface area contributed by atoms with Crippen LogP contribution in [0.1, 0.15) is 58.1 Å². The maximum atomic E-state index is 10.8. The average Bonchev–Trinajstić information content (AvgIpc) is 3.42. The average molecular weight is 489 g/mol. The first kappa shape index (κ1) is 23.6. The number of benzene rings is 1. The van der Waals surface area contributed by atoms with Crippen LogP contribution in [0.15, 0.2) is 45.3 Å². The summed E-state index contributed by atoms with van der Waals surface area (Å²) in [7, 11) is 0. The lowest BCUT2D eigenvalue weighted by Crippen LogP contribution is -2.33. The number of nitrogens with zero attached hydrogens (tertiary/aromatic N) is 3. The maximum absolute atomic E-state index is 10.8. The standard InChI is InChI=1S/C23H28N4O4S2/c1-23(2,3)19-12-24-20(31-19)14-32-21-13-25-22(33-21)26-15-5-4-6-18(11-15)30-17-9-7-16(8-10-17)27(28)29/h7-10,12-13,15,18H,4-6,11,14H2,1-3H3,(H,25,26)/t15-,18-/m1/s1. The molecule has 1 N–H and O–H groups in total. The van der Waals surface area contributed by atoms with Gasteiger partial charge in [0.1, 0.15) is 17.6 Å². The molecule has 1 aromatic carbocycles. The summed E-state index contributed by atoms with van der Waals surface area (Å²) < 4.78 is 13.1. The minimum Gasteiger partial charge on any atom is -0.490 e. The highest BCUT2D eigenvalue weighted by molar-refractivity contribution is 8.00. The van der Waals surface area contributed by atoms with E-state index in [0.29, 0.717) is 11.5 Å². The number of anilines is 1. The number of rotatable bonds is 8. The molecule has 2 aromatic heterocycles. The molecule has 3 aromatic rings. The van der Waals surface area contributed by atoms with Gasteiger partial charge >= 0.3 is 0 Å². The van der Waals surface area contributed by atoms with Crippen molar-refractivity contribution in [3.63, 3.8) is 0 Å². The van der Waals surface area contributed by atoms with E-state index in [4.69, 9.17) is 9.15 Å². The first-order valence-corrected chi connectivity index (χ1v) is 12.8. The van der Waals surface area contributed by atoms with Crippen LogP contribution in [0.4, 0.5) is 10.8 Å². The number of thioether (sulfide) groups is 1. The van der Waals surface area contributed by atoms with Gasteiger partial charge in [0.2, 0.25) is 5.89 Å². The maximum Gasteiger partial charge on any atom is 0.269 e. The van der Waals surface area contributed by atoms with Gasteiger partial charge in [-0.25, -0.2) is 9.97 Å². The number of thiazole rings is 1. The molecule has 2 atom stereocenters. The van der Waals surface area contributed by atoms with Crippen LogP contribution in [-0.4, -0.2) is 27.0 Å². The molecule has 0 aliphatic heterocycles. The van der Waals surface area contributed by atoms with E-state index in [0.717, 1.165) is 46.7 Å². The zero-order valence-electron chi connectivity index (χ0n) is 18.9. The molecule has 0 bridgehead atoms. The molecule has 8 nitrogen and oxygen atoms in total. The highest BCUT2D eigenvalue weighted by atomic mass is 32.2. The van der Waals surface area contributed by atoms with Crippen LogP contribution < -0.4 is 10.1 Å². The van der Waals surface area contributed by atoms with Crippen LogP contribution in [0.2, 0.25) is 0 Å². The van der Waals surface area contributed by atoms with Crippen molar-refractivity contribution in [3.8, 4) is 5.75 Å². The Kier molecular flexibility index (Phi) is 7.23. The minimum atomic E-state index is -0.404. The quantitative estimate of drug-likeness (QED) is 0.220. The molecule has 0 unspecified atom stereocenters. The third-order valence-electron chi connectivity index (χ3n) is 5.42. The SMILES string of the molecule is CC(C)(C)c1cnc(CSc2cnc(N[C@@H]3CCC[C@@H](Oc4ccc([N+](=O)[O-])cc4)C3)s2)o1. The molecular formula is C23H28N4O4S2. The first-order chi connectivity index (χ1) is 15.8. The molecule has 10 heteroatoms. The van der Waals surface area contributed by atoms with Gasteiger partial charge in [-0.3, -0.25) is 10.1 Å². The Balaban J connectivity index is 1.27. The van der Waals surface area contributed by atoms with Gasteiger partial charge in [-0.1, -0.05) is 32.1 Å². The number of hydrogen-bond donors (Lipinski definition) is 1. The monoisotopic (exact) mass is 488 g/mol. The second kappa shape index (κ2) is 10.1. The third-order valence-corrected chi connectivity index (χ3v) is 7.53. The normalized spacial score (nSPS) is 18.8. The van der Waals surface area contributed by atoms with Crippen LogP contribution in [0.3, 0.4) is 0 Å². The predicted molar refractivity (Wildman–Crippen MR) is 130 cm³/mol. The zero-order valence-corrected chi connectivity index (χ0v) is 20.6. The molecule has 1 fully saturated rings. The summed E-state index contributed by atoms with van der Waals surface area (Å²) in [6.07, 6.45) is 7.74. The first-order valence-electron chi connectivity index (χ1n) is 11.0. The molecule has 1 aliphatic rings. The van der Waals surface area contributed by atoms with Crippen molar-refractivity contribution >= 4 is 33.9 Å². The molecule has 1 aliphatic carbocycles. The highest BCUT2D eigenvalue weighted by Gasteiger charge is 2.24. The highest BCUT2D eigenvalue weighted by Crippen LogP contribution is 2.33. The molecule has 176 valence electrons. The molecule has 1 saturated carbocycles. The summed E-state index contributed by atoms with van der Waals surface area (Å²) in [5, 5.41) is 15.3. The summed E-state index contributed by atoms with van der Waals surface area (Å²) in [6, 6.07) is 6.57. The number of oxazole rings is 1. The van der Waals surface area contributed by atoms with E-state index >= 15 is 0 Å². The summed E-state index contributed by atoms with van der Waals surface area (Å²) in [4.78, 5) is 19.3. The Hall–Kier alpha value is -2.59. The Morgan fingerprint density at radius 2 is 2.03 bits per heavy atom. The van der Waals surface area contributed by atoms with E-state index in [1.54, 1.807) is 35.2 Å². The second-order valence-electron chi connectivity index (χ2n) is 9.14. The Bertz CT molecular complexity index is 1070. The smallest absolute Gasteiger partial charge is 0.269 e. The van der Waals surface area contributed by atoms with E-state index in [-0.39, 0.29) is 23.2 Å². The van der Waals surface area contributed by atoms with Gasteiger partial charge in [-0.05, 0) is 31.4 Å². The fourth-order valence-corrected chi connectivity index (χ4v) is 5.45. The summed E-state index contributed by atoms with van der Waals surface area (Å²) in [6.45, 7) is 6.33. The van der Waals surface area contributed by atoms with Crippen molar-refractivity contribution < 1.29 is 14.1 Å². The molecule has 0 amide bonds.